The normalized spacial score (nSPS) is 12.7. The van der Waals surface area contributed by atoms with Crippen molar-refractivity contribution in [2.75, 3.05) is 7.11 Å². The lowest BCUT2D eigenvalue weighted by Crippen LogP contribution is -2.44. The average molecular weight is 462 g/mol. The van der Waals surface area contributed by atoms with Gasteiger partial charge in [-0.1, -0.05) is 12.1 Å². The summed E-state index contributed by atoms with van der Waals surface area (Å²) in [5.74, 6) is -1.15. The fourth-order valence-electron chi connectivity index (χ4n) is 3.65. The van der Waals surface area contributed by atoms with E-state index in [1.807, 2.05) is 24.3 Å². The summed E-state index contributed by atoms with van der Waals surface area (Å²) in [6, 6.07) is 18.1. The Hall–Kier alpha value is -4.40. The van der Waals surface area contributed by atoms with Crippen LogP contribution in [0.25, 0.3) is 16.6 Å². The van der Waals surface area contributed by atoms with E-state index in [0.717, 1.165) is 22.2 Å². The summed E-state index contributed by atoms with van der Waals surface area (Å²) in [4.78, 5) is 23.2. The summed E-state index contributed by atoms with van der Waals surface area (Å²) in [7, 11) is 1.56. The Labute approximate surface area is 195 Å². The number of rotatable bonds is 7. The lowest BCUT2D eigenvalue weighted by atomic mass is 10.0. The van der Waals surface area contributed by atoms with Gasteiger partial charge in [-0.25, -0.2) is 9.07 Å². The molecule has 1 heterocycles. The molecule has 4 aromatic rings. The zero-order valence-electron chi connectivity index (χ0n) is 18.6. The van der Waals surface area contributed by atoms with Crippen molar-refractivity contribution in [3.05, 3.63) is 84.3 Å². The number of benzene rings is 3. The highest BCUT2D eigenvalue weighted by Crippen LogP contribution is 2.30. The third-order valence-electron chi connectivity index (χ3n) is 5.33. The molecule has 0 radical (unpaired) electrons. The molecule has 8 nitrogen and oxygen atoms in total. The number of nitrogens with two attached hydrogens (primary N) is 1. The predicted molar refractivity (Wildman–Crippen MR) is 124 cm³/mol. The predicted octanol–water partition coefficient (Wildman–Crippen LogP) is 3.28. The van der Waals surface area contributed by atoms with Crippen LogP contribution in [0.2, 0.25) is 0 Å². The Morgan fingerprint density at radius 3 is 2.53 bits per heavy atom. The lowest BCUT2D eigenvalue weighted by molar-refractivity contribution is -0.138. The SMILES string of the molecule is COc1cccc(C(Oc2ccc3c(cnn3-c3ccc(F)cc3)c2)C(C)NC(=O)C(N)=O)c1. The van der Waals surface area contributed by atoms with Crippen molar-refractivity contribution in [1.29, 1.82) is 0 Å². The number of nitrogens with one attached hydrogen (secondary N) is 1. The molecule has 0 aliphatic carbocycles. The van der Waals surface area contributed by atoms with Crippen LogP contribution in [0.15, 0.2) is 72.9 Å². The van der Waals surface area contributed by atoms with Gasteiger partial charge in [0, 0.05) is 5.39 Å². The first-order valence-corrected chi connectivity index (χ1v) is 10.5. The molecule has 2 atom stereocenters. The molecule has 0 aliphatic heterocycles. The van der Waals surface area contributed by atoms with E-state index in [4.69, 9.17) is 15.2 Å². The third kappa shape index (κ3) is 4.83. The van der Waals surface area contributed by atoms with Gasteiger partial charge < -0.3 is 20.5 Å². The Balaban J connectivity index is 1.66. The van der Waals surface area contributed by atoms with Crippen LogP contribution in [0, 0.1) is 5.82 Å². The number of methoxy groups -OCH3 is 1. The van der Waals surface area contributed by atoms with Gasteiger partial charge in [-0.15, -0.1) is 0 Å². The van der Waals surface area contributed by atoms with Gasteiger partial charge in [0.1, 0.15) is 23.4 Å². The largest absolute Gasteiger partial charge is 0.497 e. The molecule has 0 aliphatic rings. The molecule has 4 rings (SSSR count). The van der Waals surface area contributed by atoms with Crippen molar-refractivity contribution in [3.63, 3.8) is 0 Å². The van der Waals surface area contributed by atoms with Gasteiger partial charge in [-0.2, -0.15) is 5.10 Å². The molecule has 0 saturated heterocycles. The van der Waals surface area contributed by atoms with Crippen LogP contribution < -0.4 is 20.5 Å². The second-order valence-electron chi connectivity index (χ2n) is 7.69. The van der Waals surface area contributed by atoms with Crippen LogP contribution in [0.3, 0.4) is 0 Å². The number of nitrogens with zero attached hydrogens (tertiary/aromatic N) is 2. The number of ether oxygens (including phenoxy) is 2. The molecule has 9 heteroatoms. The van der Waals surface area contributed by atoms with Gasteiger partial charge in [-0.3, -0.25) is 9.59 Å². The molecule has 2 amide bonds. The molecule has 0 bridgehead atoms. The first-order valence-electron chi connectivity index (χ1n) is 10.5. The highest BCUT2D eigenvalue weighted by atomic mass is 19.1. The van der Waals surface area contributed by atoms with Gasteiger partial charge in [0.05, 0.1) is 30.6 Å². The number of carbonyl (C=O) groups is 2. The number of carbonyl (C=O) groups excluding carboxylic acids is 2. The molecule has 2 unspecified atom stereocenters. The summed E-state index contributed by atoms with van der Waals surface area (Å²) < 4.78 is 26.6. The molecule has 1 aromatic heterocycles. The van der Waals surface area contributed by atoms with E-state index in [9.17, 15) is 14.0 Å². The second-order valence-corrected chi connectivity index (χ2v) is 7.69. The van der Waals surface area contributed by atoms with E-state index in [-0.39, 0.29) is 5.82 Å². The van der Waals surface area contributed by atoms with Gasteiger partial charge in [-0.05, 0) is 67.1 Å². The van der Waals surface area contributed by atoms with Gasteiger partial charge >= 0.3 is 11.8 Å². The number of halogens is 1. The number of hydrogen-bond donors (Lipinski definition) is 2. The highest BCUT2D eigenvalue weighted by Gasteiger charge is 2.25. The lowest BCUT2D eigenvalue weighted by Gasteiger charge is -2.26. The van der Waals surface area contributed by atoms with Crippen molar-refractivity contribution >= 4 is 22.7 Å². The maximum Gasteiger partial charge on any atom is 0.309 e. The van der Waals surface area contributed by atoms with Crippen molar-refractivity contribution in [1.82, 2.24) is 15.1 Å². The topological polar surface area (TPSA) is 108 Å². The summed E-state index contributed by atoms with van der Waals surface area (Å²) in [6.45, 7) is 1.72. The Morgan fingerprint density at radius 1 is 1.06 bits per heavy atom. The smallest absolute Gasteiger partial charge is 0.309 e. The zero-order valence-corrected chi connectivity index (χ0v) is 18.6. The molecule has 0 fully saturated rings. The number of aromatic nitrogens is 2. The monoisotopic (exact) mass is 462 g/mol. The summed E-state index contributed by atoms with van der Waals surface area (Å²) in [5, 5.41) is 7.79. The van der Waals surface area contributed by atoms with E-state index in [0.29, 0.717) is 11.5 Å². The minimum atomic E-state index is -1.08. The van der Waals surface area contributed by atoms with Gasteiger partial charge in [0.15, 0.2) is 0 Å². The van der Waals surface area contributed by atoms with E-state index < -0.39 is 24.0 Å². The van der Waals surface area contributed by atoms with Gasteiger partial charge in [0.25, 0.3) is 0 Å². The average Bonchev–Trinajstić information content (AvgIpc) is 3.26. The molecular formula is C25H23FN4O4. The number of fused-ring (bicyclic) bond motifs is 1. The summed E-state index contributed by atoms with van der Waals surface area (Å²) >= 11 is 0. The molecule has 3 N–H and O–H groups in total. The molecule has 34 heavy (non-hydrogen) atoms. The van der Waals surface area contributed by atoms with E-state index in [1.165, 1.54) is 12.1 Å². The third-order valence-corrected chi connectivity index (χ3v) is 5.33. The maximum atomic E-state index is 13.3. The standard InChI is InChI=1S/C25H23FN4O4/c1-15(29-25(32)24(27)31)23(16-4-3-5-20(12-16)33-2)34-21-10-11-22-17(13-21)14-28-30(22)19-8-6-18(26)7-9-19/h3-15,23H,1-2H3,(H2,27,31)(H,29,32). The van der Waals surface area contributed by atoms with E-state index in [1.54, 1.807) is 55.2 Å². The minimum Gasteiger partial charge on any atom is -0.497 e. The molecule has 174 valence electrons. The molecular weight excluding hydrogens is 439 g/mol. The Morgan fingerprint density at radius 2 is 1.82 bits per heavy atom. The van der Waals surface area contributed by atoms with Crippen LogP contribution in [-0.4, -0.2) is 34.7 Å². The van der Waals surface area contributed by atoms with Crippen LogP contribution in [0.5, 0.6) is 11.5 Å². The Bertz CT molecular complexity index is 1340. The van der Waals surface area contributed by atoms with Crippen LogP contribution >= 0.6 is 0 Å². The van der Waals surface area contributed by atoms with Gasteiger partial charge in [0.2, 0.25) is 0 Å². The zero-order chi connectivity index (χ0) is 24.2. The Kier molecular flexibility index (Phi) is 6.44. The summed E-state index contributed by atoms with van der Waals surface area (Å²) in [6.07, 6.45) is 1.03. The first-order chi connectivity index (χ1) is 16.4. The molecule has 0 spiro atoms. The van der Waals surface area contributed by atoms with E-state index in [2.05, 4.69) is 10.4 Å². The summed E-state index contributed by atoms with van der Waals surface area (Å²) in [5.41, 5.74) is 7.37. The molecule has 0 saturated carbocycles. The van der Waals surface area contributed by atoms with Crippen molar-refractivity contribution < 1.29 is 23.5 Å². The van der Waals surface area contributed by atoms with Crippen LogP contribution in [0.4, 0.5) is 4.39 Å². The quantitative estimate of drug-likeness (QED) is 0.410. The minimum absolute atomic E-state index is 0.322. The number of hydrogen-bond acceptors (Lipinski definition) is 5. The fraction of sp³-hybridized carbons (Fsp3) is 0.160. The molecule has 3 aromatic carbocycles. The van der Waals surface area contributed by atoms with E-state index >= 15 is 0 Å². The fourth-order valence-corrected chi connectivity index (χ4v) is 3.65. The number of amides is 2. The van der Waals surface area contributed by atoms with Crippen molar-refractivity contribution in [3.8, 4) is 17.2 Å². The van der Waals surface area contributed by atoms with Crippen LogP contribution in [-0.2, 0) is 9.59 Å². The first kappa shape index (κ1) is 22.8. The second kappa shape index (κ2) is 9.62. The van der Waals surface area contributed by atoms with Crippen LogP contribution in [0.1, 0.15) is 18.6 Å². The maximum absolute atomic E-state index is 13.3. The van der Waals surface area contributed by atoms with Crippen molar-refractivity contribution in [2.24, 2.45) is 5.73 Å². The highest BCUT2D eigenvalue weighted by molar-refractivity contribution is 6.34. The van der Waals surface area contributed by atoms with Crippen molar-refractivity contribution in [2.45, 2.75) is 19.1 Å². The number of primary amides is 1.